The lowest BCUT2D eigenvalue weighted by molar-refractivity contribution is -0.138. The van der Waals surface area contributed by atoms with E-state index in [4.69, 9.17) is 14.2 Å². The number of amides is 2. The number of hydrogen-bond donors (Lipinski definition) is 2. The Morgan fingerprint density at radius 2 is 2.08 bits per heavy atom. The second-order valence-corrected chi connectivity index (χ2v) is 5.85. The zero-order valence-electron chi connectivity index (χ0n) is 14.3. The highest BCUT2D eigenvalue weighted by Crippen LogP contribution is 2.32. The van der Waals surface area contributed by atoms with Gasteiger partial charge < -0.3 is 24.8 Å². The van der Waals surface area contributed by atoms with Gasteiger partial charge in [-0.15, -0.1) is 0 Å². The fraction of sp³-hybridized carbons (Fsp3) is 0.412. The van der Waals surface area contributed by atoms with E-state index in [9.17, 15) is 9.59 Å². The van der Waals surface area contributed by atoms with Gasteiger partial charge in [0, 0.05) is 18.8 Å². The van der Waals surface area contributed by atoms with Crippen molar-refractivity contribution in [3.8, 4) is 11.5 Å². The second kappa shape index (κ2) is 7.43. The number of benzene rings is 1. The van der Waals surface area contributed by atoms with Crippen LogP contribution in [0.5, 0.6) is 11.5 Å². The maximum absolute atomic E-state index is 12.1. The minimum atomic E-state index is -0.415. The molecule has 2 aliphatic heterocycles. The number of ether oxygens (including phenoxy) is 3. The van der Waals surface area contributed by atoms with Crippen molar-refractivity contribution < 1.29 is 23.8 Å². The molecular weight excluding hydrogens is 326 g/mol. The summed E-state index contributed by atoms with van der Waals surface area (Å²) in [5, 5.41) is 5.30. The molecule has 8 heteroatoms. The molecule has 0 bridgehead atoms. The summed E-state index contributed by atoms with van der Waals surface area (Å²) in [5.41, 5.74) is 2.05. The molecule has 2 amide bonds. The first-order chi connectivity index (χ1) is 12.1. The Balaban J connectivity index is 1.70. The lowest BCUT2D eigenvalue weighted by Gasteiger charge is -2.25. The highest BCUT2D eigenvalue weighted by molar-refractivity contribution is 5.93. The fourth-order valence-electron chi connectivity index (χ4n) is 2.76. The maximum atomic E-state index is 12.1. The van der Waals surface area contributed by atoms with Gasteiger partial charge in [-0.25, -0.2) is 9.59 Å². The van der Waals surface area contributed by atoms with E-state index >= 15 is 0 Å². The normalized spacial score (nSPS) is 15.9. The lowest BCUT2D eigenvalue weighted by Crippen LogP contribution is -2.46. The van der Waals surface area contributed by atoms with Crippen LogP contribution in [0.15, 0.2) is 29.5 Å². The summed E-state index contributed by atoms with van der Waals surface area (Å²) in [6.45, 7) is 3.48. The number of fused-ring (bicyclic) bond motifs is 1. The Kier molecular flexibility index (Phi) is 5.08. The van der Waals surface area contributed by atoms with Crippen molar-refractivity contribution in [2.45, 2.75) is 13.5 Å². The molecule has 1 aromatic rings. The minimum absolute atomic E-state index is 0.165. The molecule has 0 radical (unpaired) electrons. The maximum Gasteiger partial charge on any atom is 0.337 e. The van der Waals surface area contributed by atoms with Gasteiger partial charge in [-0.3, -0.25) is 4.90 Å². The smallest absolute Gasteiger partial charge is 0.337 e. The number of urea groups is 1. The number of nitrogens with zero attached hydrogens (tertiary/aromatic N) is 1. The van der Waals surface area contributed by atoms with E-state index < -0.39 is 5.97 Å². The molecule has 8 nitrogen and oxygen atoms in total. The fourth-order valence-corrected chi connectivity index (χ4v) is 2.76. The van der Waals surface area contributed by atoms with Gasteiger partial charge in [-0.1, -0.05) is 6.07 Å². The Morgan fingerprint density at radius 3 is 2.88 bits per heavy atom. The molecule has 3 rings (SSSR count). The molecule has 0 atom stereocenters. The van der Waals surface area contributed by atoms with Crippen molar-refractivity contribution >= 4 is 12.0 Å². The number of nitrogens with one attached hydrogen (secondary N) is 2. The van der Waals surface area contributed by atoms with Gasteiger partial charge in [-0.05, 0) is 31.7 Å². The molecule has 0 saturated heterocycles. The Hall–Kier alpha value is -2.74. The molecule has 2 heterocycles. The number of esters is 1. The number of carbonyl (C=O) groups is 2. The van der Waals surface area contributed by atoms with E-state index in [1.807, 2.05) is 30.1 Å². The van der Waals surface area contributed by atoms with Crippen LogP contribution in [0.4, 0.5) is 4.79 Å². The molecule has 1 aromatic carbocycles. The van der Waals surface area contributed by atoms with Gasteiger partial charge in [-0.2, -0.15) is 0 Å². The summed E-state index contributed by atoms with van der Waals surface area (Å²) >= 11 is 0. The van der Waals surface area contributed by atoms with Crippen molar-refractivity contribution in [3.63, 3.8) is 0 Å². The van der Waals surface area contributed by atoms with Crippen LogP contribution in [0.3, 0.4) is 0 Å². The minimum Gasteiger partial charge on any atom is -0.463 e. The third-order valence-electron chi connectivity index (χ3n) is 3.89. The average molecular weight is 347 g/mol. The van der Waals surface area contributed by atoms with Gasteiger partial charge in [0.1, 0.15) is 0 Å². The van der Waals surface area contributed by atoms with E-state index in [2.05, 4.69) is 10.6 Å². The molecule has 0 aliphatic carbocycles. The van der Waals surface area contributed by atoms with Crippen LogP contribution in [0, 0.1) is 0 Å². The van der Waals surface area contributed by atoms with Crippen molar-refractivity contribution in [1.82, 2.24) is 15.5 Å². The topological polar surface area (TPSA) is 89.1 Å². The summed E-state index contributed by atoms with van der Waals surface area (Å²) in [6, 6.07) is 5.45. The molecule has 0 fully saturated rings. The van der Waals surface area contributed by atoms with Crippen LogP contribution in [0.2, 0.25) is 0 Å². The second-order valence-electron chi connectivity index (χ2n) is 5.85. The van der Waals surface area contributed by atoms with Crippen LogP contribution in [-0.2, 0) is 16.1 Å². The van der Waals surface area contributed by atoms with E-state index in [0.29, 0.717) is 24.4 Å². The van der Waals surface area contributed by atoms with E-state index in [0.717, 1.165) is 17.1 Å². The summed E-state index contributed by atoms with van der Waals surface area (Å²) < 4.78 is 15.7. The van der Waals surface area contributed by atoms with Crippen LogP contribution >= 0.6 is 0 Å². The van der Waals surface area contributed by atoms with Crippen molar-refractivity contribution in [3.05, 3.63) is 35.0 Å². The van der Waals surface area contributed by atoms with Gasteiger partial charge in [0.05, 0.1) is 18.7 Å². The Morgan fingerprint density at radius 1 is 1.28 bits per heavy atom. The summed E-state index contributed by atoms with van der Waals surface area (Å²) in [5.74, 6) is 1.05. The molecule has 2 aliphatic rings. The van der Waals surface area contributed by atoms with Gasteiger partial charge >= 0.3 is 12.0 Å². The van der Waals surface area contributed by atoms with Crippen LogP contribution in [-0.4, -0.2) is 50.4 Å². The Bertz CT molecular complexity index is 716. The summed E-state index contributed by atoms with van der Waals surface area (Å²) in [4.78, 5) is 25.7. The first-order valence-electron chi connectivity index (χ1n) is 8.08. The van der Waals surface area contributed by atoms with Crippen molar-refractivity contribution in [2.24, 2.45) is 0 Å². The van der Waals surface area contributed by atoms with Crippen molar-refractivity contribution in [2.75, 3.05) is 33.5 Å². The van der Waals surface area contributed by atoms with Gasteiger partial charge in [0.15, 0.2) is 11.5 Å². The zero-order chi connectivity index (χ0) is 17.8. The highest BCUT2D eigenvalue weighted by atomic mass is 16.7. The van der Waals surface area contributed by atoms with E-state index in [-0.39, 0.29) is 26.0 Å². The van der Waals surface area contributed by atoms with Crippen molar-refractivity contribution in [1.29, 1.82) is 0 Å². The molecule has 25 heavy (non-hydrogen) atoms. The first kappa shape index (κ1) is 17.1. The SMILES string of the molecule is CCOC(=O)C1=C(CN(C)Cc2ccc3c(c2)OCO3)NC(=O)NC1. The molecule has 0 unspecified atom stereocenters. The predicted octanol–water partition coefficient (Wildman–Crippen LogP) is 0.977. The molecular formula is C17H21N3O5. The van der Waals surface area contributed by atoms with Crippen LogP contribution in [0.1, 0.15) is 12.5 Å². The third-order valence-corrected chi connectivity index (χ3v) is 3.89. The standard InChI is InChI=1S/C17H21N3O5/c1-3-23-16(21)12-7-18-17(22)19-13(12)9-20(2)8-11-4-5-14-15(6-11)25-10-24-14/h4-6H,3,7-10H2,1-2H3,(H2,18,19,22). The molecule has 2 N–H and O–H groups in total. The molecule has 0 spiro atoms. The third kappa shape index (κ3) is 4.03. The average Bonchev–Trinajstić information content (AvgIpc) is 3.02. The number of likely N-dealkylation sites (N-methyl/N-ethyl adjacent to an activating group) is 1. The number of hydrogen-bond acceptors (Lipinski definition) is 6. The van der Waals surface area contributed by atoms with Crippen LogP contribution in [0.25, 0.3) is 0 Å². The monoisotopic (exact) mass is 347 g/mol. The van der Waals surface area contributed by atoms with Crippen LogP contribution < -0.4 is 20.1 Å². The molecule has 134 valence electrons. The molecule has 0 aromatic heterocycles. The van der Waals surface area contributed by atoms with E-state index in [1.54, 1.807) is 6.92 Å². The summed E-state index contributed by atoms with van der Waals surface area (Å²) in [7, 11) is 1.91. The van der Waals surface area contributed by atoms with E-state index in [1.165, 1.54) is 0 Å². The predicted molar refractivity (Wildman–Crippen MR) is 89.1 cm³/mol. The zero-order valence-corrected chi connectivity index (χ0v) is 14.3. The molecule has 0 saturated carbocycles. The van der Waals surface area contributed by atoms with Gasteiger partial charge in [0.2, 0.25) is 6.79 Å². The van der Waals surface area contributed by atoms with Gasteiger partial charge in [0.25, 0.3) is 0 Å². The first-order valence-corrected chi connectivity index (χ1v) is 8.08. The lowest BCUT2D eigenvalue weighted by atomic mass is 10.1. The quantitative estimate of drug-likeness (QED) is 0.746. The Labute approximate surface area is 145 Å². The summed E-state index contributed by atoms with van der Waals surface area (Å²) in [6.07, 6.45) is 0. The number of rotatable bonds is 6. The number of carbonyl (C=O) groups excluding carboxylic acids is 2. The largest absolute Gasteiger partial charge is 0.463 e. The highest BCUT2D eigenvalue weighted by Gasteiger charge is 2.24.